The van der Waals surface area contributed by atoms with Gasteiger partial charge in [0.2, 0.25) is 5.82 Å². The zero-order valence-electron chi connectivity index (χ0n) is 13.8. The Bertz CT molecular complexity index is 1060. The second kappa shape index (κ2) is 5.70. The molecule has 0 unspecified atom stereocenters. The van der Waals surface area contributed by atoms with Crippen molar-refractivity contribution in [2.75, 3.05) is 0 Å². The maximum atomic E-state index is 4.57. The van der Waals surface area contributed by atoms with Gasteiger partial charge in [0.25, 0.3) is 0 Å². The van der Waals surface area contributed by atoms with Gasteiger partial charge in [-0.05, 0) is 43.4 Å². The highest BCUT2D eigenvalue weighted by Gasteiger charge is 2.21. The van der Waals surface area contributed by atoms with Gasteiger partial charge < -0.3 is 0 Å². The second-order valence-electron chi connectivity index (χ2n) is 6.36. The molecule has 5 rings (SSSR count). The number of aryl methyl sites for hydroxylation is 3. The number of aromatic nitrogens is 6. The molecular formula is C18H16N6S. The molecule has 1 aliphatic rings. The molecule has 4 aromatic rings. The lowest BCUT2D eigenvalue weighted by Crippen LogP contribution is -2.05. The van der Waals surface area contributed by atoms with Crippen LogP contribution in [0.15, 0.2) is 30.6 Å². The minimum Gasteiger partial charge on any atom is -0.225 e. The predicted octanol–water partition coefficient (Wildman–Crippen LogP) is 3.52. The number of thiophene rings is 1. The molecule has 0 spiro atoms. The van der Waals surface area contributed by atoms with Crippen LogP contribution >= 0.6 is 11.3 Å². The SMILES string of the molecule is Cc1ccc(-c2nnn(-c3ncnc4sc5c(c34)CCCC5)n2)cc1. The van der Waals surface area contributed by atoms with Crippen molar-refractivity contribution in [2.24, 2.45) is 0 Å². The van der Waals surface area contributed by atoms with E-state index in [9.17, 15) is 0 Å². The van der Waals surface area contributed by atoms with Crippen LogP contribution in [0.1, 0.15) is 28.8 Å². The average molecular weight is 348 g/mol. The van der Waals surface area contributed by atoms with E-state index in [0.717, 1.165) is 34.4 Å². The van der Waals surface area contributed by atoms with E-state index in [2.05, 4.69) is 32.3 Å². The molecule has 0 N–H and O–H groups in total. The van der Waals surface area contributed by atoms with Crippen molar-refractivity contribution in [2.45, 2.75) is 32.6 Å². The standard InChI is InChI=1S/C18H16N6S/c1-11-6-8-12(9-7-11)16-21-23-24(22-16)17-15-13-4-2-3-5-14(13)25-18(15)20-10-19-17/h6-10H,2-5H2,1H3. The van der Waals surface area contributed by atoms with E-state index in [0.29, 0.717) is 5.82 Å². The Morgan fingerprint density at radius 2 is 1.88 bits per heavy atom. The van der Waals surface area contributed by atoms with E-state index in [1.807, 2.05) is 24.3 Å². The van der Waals surface area contributed by atoms with Gasteiger partial charge in [-0.25, -0.2) is 9.97 Å². The van der Waals surface area contributed by atoms with Crippen molar-refractivity contribution in [3.8, 4) is 17.2 Å². The van der Waals surface area contributed by atoms with Crippen LogP contribution in [0.5, 0.6) is 0 Å². The van der Waals surface area contributed by atoms with Gasteiger partial charge in [0.15, 0.2) is 5.82 Å². The summed E-state index contributed by atoms with van der Waals surface area (Å²) in [6.45, 7) is 2.06. The molecule has 7 heteroatoms. The summed E-state index contributed by atoms with van der Waals surface area (Å²) in [5.74, 6) is 1.34. The largest absolute Gasteiger partial charge is 0.225 e. The lowest BCUT2D eigenvalue weighted by atomic mass is 9.97. The number of benzene rings is 1. The lowest BCUT2D eigenvalue weighted by molar-refractivity contribution is 0.690. The minimum atomic E-state index is 0.607. The van der Waals surface area contributed by atoms with Gasteiger partial charge in [0.1, 0.15) is 11.2 Å². The Labute approximate surface area is 148 Å². The monoisotopic (exact) mass is 348 g/mol. The molecule has 0 amide bonds. The van der Waals surface area contributed by atoms with E-state index in [4.69, 9.17) is 0 Å². The molecule has 0 saturated heterocycles. The molecule has 0 aliphatic heterocycles. The van der Waals surface area contributed by atoms with Crippen LogP contribution < -0.4 is 0 Å². The molecule has 0 radical (unpaired) electrons. The molecule has 25 heavy (non-hydrogen) atoms. The van der Waals surface area contributed by atoms with Gasteiger partial charge in [-0.1, -0.05) is 29.8 Å². The van der Waals surface area contributed by atoms with Gasteiger partial charge in [0.05, 0.1) is 5.39 Å². The molecule has 6 nitrogen and oxygen atoms in total. The van der Waals surface area contributed by atoms with E-state index in [-0.39, 0.29) is 0 Å². The normalized spacial score (nSPS) is 14.0. The molecule has 1 aliphatic carbocycles. The van der Waals surface area contributed by atoms with Gasteiger partial charge in [-0.15, -0.1) is 26.3 Å². The topological polar surface area (TPSA) is 69.4 Å². The maximum absolute atomic E-state index is 4.57. The first-order valence-electron chi connectivity index (χ1n) is 8.42. The first-order valence-corrected chi connectivity index (χ1v) is 9.24. The molecule has 3 aromatic heterocycles. The number of hydrogen-bond donors (Lipinski definition) is 0. The fourth-order valence-electron chi connectivity index (χ4n) is 3.35. The van der Waals surface area contributed by atoms with Crippen molar-refractivity contribution in [3.05, 3.63) is 46.6 Å². The third-order valence-corrected chi connectivity index (χ3v) is 5.84. The van der Waals surface area contributed by atoms with Crippen molar-refractivity contribution in [1.29, 1.82) is 0 Å². The summed E-state index contributed by atoms with van der Waals surface area (Å²) in [5.41, 5.74) is 3.53. The Balaban J connectivity index is 1.64. The molecule has 0 atom stereocenters. The minimum absolute atomic E-state index is 0.607. The summed E-state index contributed by atoms with van der Waals surface area (Å²) in [6, 6.07) is 8.12. The van der Waals surface area contributed by atoms with Crippen molar-refractivity contribution < 1.29 is 0 Å². The smallest absolute Gasteiger partial charge is 0.205 e. The second-order valence-corrected chi connectivity index (χ2v) is 7.44. The van der Waals surface area contributed by atoms with E-state index < -0.39 is 0 Å². The van der Waals surface area contributed by atoms with Gasteiger partial charge in [-0.2, -0.15) is 0 Å². The zero-order chi connectivity index (χ0) is 16.8. The predicted molar refractivity (Wildman–Crippen MR) is 96.9 cm³/mol. The van der Waals surface area contributed by atoms with Crippen molar-refractivity contribution in [3.63, 3.8) is 0 Å². The van der Waals surface area contributed by atoms with Crippen LogP contribution in [0.3, 0.4) is 0 Å². The number of fused-ring (bicyclic) bond motifs is 3. The Hall–Kier alpha value is -2.67. The molecule has 0 saturated carbocycles. The molecule has 0 fully saturated rings. The fourth-order valence-corrected chi connectivity index (χ4v) is 4.57. The highest BCUT2D eigenvalue weighted by Crippen LogP contribution is 2.37. The number of tetrazole rings is 1. The summed E-state index contributed by atoms with van der Waals surface area (Å²) >= 11 is 1.77. The average Bonchev–Trinajstić information content (AvgIpc) is 3.27. The molecule has 0 bridgehead atoms. The summed E-state index contributed by atoms with van der Waals surface area (Å²) in [6.07, 6.45) is 6.27. The van der Waals surface area contributed by atoms with E-state index >= 15 is 0 Å². The van der Waals surface area contributed by atoms with E-state index in [1.165, 1.54) is 28.8 Å². The van der Waals surface area contributed by atoms with E-state index in [1.54, 1.807) is 22.5 Å². The fraction of sp³-hybridized carbons (Fsp3) is 0.278. The molecule has 1 aromatic carbocycles. The maximum Gasteiger partial charge on any atom is 0.205 e. The highest BCUT2D eigenvalue weighted by atomic mass is 32.1. The van der Waals surface area contributed by atoms with Crippen LogP contribution in [0.4, 0.5) is 0 Å². The Kier molecular flexibility index (Phi) is 3.34. The van der Waals surface area contributed by atoms with Crippen molar-refractivity contribution in [1.82, 2.24) is 30.2 Å². The van der Waals surface area contributed by atoms with Gasteiger partial charge in [0, 0.05) is 10.4 Å². The first-order chi connectivity index (χ1) is 12.3. The highest BCUT2D eigenvalue weighted by molar-refractivity contribution is 7.18. The first kappa shape index (κ1) is 14.7. The van der Waals surface area contributed by atoms with Crippen LogP contribution in [0, 0.1) is 6.92 Å². The summed E-state index contributed by atoms with van der Waals surface area (Å²) < 4.78 is 0. The van der Waals surface area contributed by atoms with Crippen LogP contribution in [-0.4, -0.2) is 30.2 Å². The number of rotatable bonds is 2. The van der Waals surface area contributed by atoms with Crippen LogP contribution in [-0.2, 0) is 12.8 Å². The third kappa shape index (κ3) is 2.42. The van der Waals surface area contributed by atoms with Crippen molar-refractivity contribution >= 4 is 21.6 Å². The summed E-state index contributed by atoms with van der Waals surface area (Å²) in [5, 5.41) is 14.1. The zero-order valence-corrected chi connectivity index (χ0v) is 14.6. The number of hydrogen-bond acceptors (Lipinski definition) is 6. The summed E-state index contributed by atoms with van der Waals surface area (Å²) in [4.78, 5) is 12.9. The molecule has 124 valence electrons. The third-order valence-electron chi connectivity index (χ3n) is 4.64. The molecule has 3 heterocycles. The Morgan fingerprint density at radius 1 is 1.04 bits per heavy atom. The van der Waals surface area contributed by atoms with Crippen LogP contribution in [0.25, 0.3) is 27.4 Å². The van der Waals surface area contributed by atoms with Crippen LogP contribution in [0.2, 0.25) is 0 Å². The molecular weight excluding hydrogens is 332 g/mol. The van der Waals surface area contributed by atoms with Gasteiger partial charge >= 0.3 is 0 Å². The van der Waals surface area contributed by atoms with Gasteiger partial charge in [-0.3, -0.25) is 0 Å². The number of nitrogens with zero attached hydrogens (tertiary/aromatic N) is 6. The lowest BCUT2D eigenvalue weighted by Gasteiger charge is -2.10. The quantitative estimate of drug-likeness (QED) is 0.554. The summed E-state index contributed by atoms with van der Waals surface area (Å²) in [7, 11) is 0. The Morgan fingerprint density at radius 3 is 2.76 bits per heavy atom.